The Labute approximate surface area is 97.0 Å². The van der Waals surface area contributed by atoms with Gasteiger partial charge in [-0.2, -0.15) is 0 Å². The summed E-state index contributed by atoms with van der Waals surface area (Å²) in [6.45, 7) is 0. The van der Waals surface area contributed by atoms with Crippen molar-refractivity contribution < 1.29 is 13.3 Å². The molecule has 2 nitrogen and oxygen atoms in total. The molecule has 1 aromatic carbocycles. The molecule has 0 fully saturated rings. The SMILES string of the molecule is Fc1ccc(-c2noc(Cl)c2Br)cc1F. The number of hydrogen-bond donors (Lipinski definition) is 0. The van der Waals surface area contributed by atoms with Crippen molar-refractivity contribution in [2.24, 2.45) is 0 Å². The van der Waals surface area contributed by atoms with Crippen molar-refractivity contribution in [3.05, 3.63) is 39.5 Å². The van der Waals surface area contributed by atoms with Crippen LogP contribution in [0.2, 0.25) is 5.22 Å². The molecule has 0 aliphatic rings. The van der Waals surface area contributed by atoms with E-state index < -0.39 is 11.6 Å². The highest BCUT2D eigenvalue weighted by atomic mass is 79.9. The zero-order valence-electron chi connectivity index (χ0n) is 7.10. The van der Waals surface area contributed by atoms with Crippen LogP contribution >= 0.6 is 27.5 Å². The van der Waals surface area contributed by atoms with Crippen LogP contribution in [-0.2, 0) is 0 Å². The van der Waals surface area contributed by atoms with Gasteiger partial charge >= 0.3 is 0 Å². The van der Waals surface area contributed by atoms with Crippen molar-refractivity contribution in [2.75, 3.05) is 0 Å². The second-order valence-electron chi connectivity index (χ2n) is 2.75. The van der Waals surface area contributed by atoms with Gasteiger partial charge in [-0.3, -0.25) is 0 Å². The van der Waals surface area contributed by atoms with Crippen molar-refractivity contribution in [2.45, 2.75) is 0 Å². The zero-order valence-corrected chi connectivity index (χ0v) is 9.44. The minimum Gasteiger partial charge on any atom is -0.343 e. The fourth-order valence-corrected chi connectivity index (χ4v) is 1.58. The standard InChI is InChI=1S/C9H3BrClF2NO/c10-7-8(14-15-9(7)11)4-1-2-5(12)6(13)3-4/h1-3H. The number of nitrogens with zero attached hydrogens (tertiary/aromatic N) is 1. The van der Waals surface area contributed by atoms with Crippen molar-refractivity contribution in [1.29, 1.82) is 0 Å². The van der Waals surface area contributed by atoms with E-state index in [1.54, 1.807) is 0 Å². The van der Waals surface area contributed by atoms with Crippen LogP contribution in [0.1, 0.15) is 0 Å². The Kier molecular flexibility index (Phi) is 2.75. The van der Waals surface area contributed by atoms with Crippen LogP contribution in [0, 0.1) is 11.6 Å². The first-order chi connectivity index (χ1) is 7.09. The number of benzene rings is 1. The number of rotatable bonds is 1. The Hall–Kier alpha value is -0.940. The molecule has 1 heterocycles. The quantitative estimate of drug-likeness (QED) is 0.793. The molecule has 0 bridgehead atoms. The lowest BCUT2D eigenvalue weighted by Gasteiger charge is -1.97. The van der Waals surface area contributed by atoms with Gasteiger partial charge in [0.25, 0.3) is 0 Å². The molecule has 15 heavy (non-hydrogen) atoms. The van der Waals surface area contributed by atoms with Crippen LogP contribution in [0.3, 0.4) is 0 Å². The summed E-state index contributed by atoms with van der Waals surface area (Å²) >= 11 is 8.73. The third-order valence-corrected chi connectivity index (χ3v) is 3.01. The van der Waals surface area contributed by atoms with Crippen molar-refractivity contribution in [3.63, 3.8) is 0 Å². The van der Waals surface area contributed by atoms with E-state index in [1.807, 2.05) is 0 Å². The topological polar surface area (TPSA) is 26.0 Å². The summed E-state index contributed by atoms with van der Waals surface area (Å²) in [6.07, 6.45) is 0. The summed E-state index contributed by atoms with van der Waals surface area (Å²) in [6, 6.07) is 3.42. The maximum Gasteiger partial charge on any atom is 0.240 e. The molecular weight excluding hydrogens is 291 g/mol. The highest BCUT2D eigenvalue weighted by molar-refractivity contribution is 9.10. The lowest BCUT2D eigenvalue weighted by molar-refractivity contribution is 0.423. The van der Waals surface area contributed by atoms with Crippen LogP contribution in [0.5, 0.6) is 0 Å². The van der Waals surface area contributed by atoms with Crippen molar-refractivity contribution in [3.8, 4) is 11.3 Å². The van der Waals surface area contributed by atoms with Gasteiger partial charge in [-0.15, -0.1) is 0 Å². The summed E-state index contributed by atoms with van der Waals surface area (Å²) in [5.74, 6) is -1.86. The van der Waals surface area contributed by atoms with E-state index in [1.165, 1.54) is 6.07 Å². The summed E-state index contributed by atoms with van der Waals surface area (Å²) in [4.78, 5) is 0. The molecule has 0 saturated heterocycles. The van der Waals surface area contributed by atoms with Gasteiger partial charge < -0.3 is 4.52 Å². The van der Waals surface area contributed by atoms with E-state index >= 15 is 0 Å². The van der Waals surface area contributed by atoms with Gasteiger partial charge in [-0.05, 0) is 45.7 Å². The molecule has 2 rings (SSSR count). The van der Waals surface area contributed by atoms with Gasteiger partial charge in [0.2, 0.25) is 5.22 Å². The molecule has 0 atom stereocenters. The van der Waals surface area contributed by atoms with E-state index in [0.29, 0.717) is 15.7 Å². The molecule has 0 aliphatic carbocycles. The number of halogens is 4. The Morgan fingerprint density at radius 3 is 2.53 bits per heavy atom. The average Bonchev–Trinajstić information content (AvgIpc) is 2.53. The second kappa shape index (κ2) is 3.90. The fraction of sp³-hybridized carbons (Fsp3) is 0. The largest absolute Gasteiger partial charge is 0.343 e. The van der Waals surface area contributed by atoms with Crippen LogP contribution < -0.4 is 0 Å². The molecule has 6 heteroatoms. The van der Waals surface area contributed by atoms with Crippen LogP contribution in [0.4, 0.5) is 8.78 Å². The van der Waals surface area contributed by atoms with Gasteiger partial charge in [0, 0.05) is 5.56 Å². The Morgan fingerprint density at radius 1 is 1.27 bits per heavy atom. The zero-order chi connectivity index (χ0) is 11.0. The van der Waals surface area contributed by atoms with Crippen LogP contribution in [0.15, 0.2) is 27.2 Å². The molecular formula is C9H3BrClF2NO. The Bertz CT molecular complexity index is 515. The van der Waals surface area contributed by atoms with Crippen molar-refractivity contribution >= 4 is 27.5 Å². The molecule has 0 saturated carbocycles. The molecule has 0 unspecified atom stereocenters. The molecule has 0 amide bonds. The maximum atomic E-state index is 12.9. The first-order valence-electron chi connectivity index (χ1n) is 3.85. The van der Waals surface area contributed by atoms with E-state index in [4.69, 9.17) is 11.6 Å². The molecule has 1 aromatic heterocycles. The van der Waals surface area contributed by atoms with Crippen molar-refractivity contribution in [1.82, 2.24) is 5.16 Å². The third-order valence-electron chi connectivity index (χ3n) is 1.79. The van der Waals surface area contributed by atoms with E-state index in [2.05, 4.69) is 25.6 Å². The molecule has 0 spiro atoms. The number of hydrogen-bond acceptors (Lipinski definition) is 2. The predicted octanol–water partition coefficient (Wildman–Crippen LogP) is 4.04. The van der Waals surface area contributed by atoms with Gasteiger partial charge in [-0.1, -0.05) is 5.16 Å². The first-order valence-corrected chi connectivity index (χ1v) is 5.03. The fourth-order valence-electron chi connectivity index (χ4n) is 1.08. The van der Waals surface area contributed by atoms with Gasteiger partial charge in [0.1, 0.15) is 10.2 Å². The molecule has 0 aliphatic heterocycles. The summed E-state index contributed by atoms with van der Waals surface area (Å²) in [5, 5.41) is 3.68. The highest BCUT2D eigenvalue weighted by Gasteiger charge is 2.14. The Morgan fingerprint density at radius 2 is 2.00 bits per heavy atom. The molecule has 0 N–H and O–H groups in total. The highest BCUT2D eigenvalue weighted by Crippen LogP contribution is 2.33. The van der Waals surface area contributed by atoms with Gasteiger partial charge in [-0.25, -0.2) is 8.78 Å². The Balaban J connectivity index is 2.55. The third kappa shape index (κ3) is 1.89. The molecule has 0 radical (unpaired) electrons. The second-order valence-corrected chi connectivity index (χ2v) is 3.88. The molecule has 78 valence electrons. The lowest BCUT2D eigenvalue weighted by atomic mass is 10.1. The average molecular weight is 294 g/mol. The van der Waals surface area contributed by atoms with E-state index in [0.717, 1.165) is 12.1 Å². The van der Waals surface area contributed by atoms with E-state index in [-0.39, 0.29) is 5.22 Å². The summed E-state index contributed by atoms with van der Waals surface area (Å²) in [7, 11) is 0. The monoisotopic (exact) mass is 293 g/mol. The minimum atomic E-state index is -0.946. The van der Waals surface area contributed by atoms with E-state index in [9.17, 15) is 8.78 Å². The first kappa shape index (κ1) is 10.6. The van der Waals surface area contributed by atoms with Gasteiger partial charge in [0.15, 0.2) is 11.6 Å². The number of aromatic nitrogens is 1. The maximum absolute atomic E-state index is 12.9. The van der Waals surface area contributed by atoms with Gasteiger partial charge in [0.05, 0.1) is 0 Å². The molecule has 2 aromatic rings. The van der Waals surface area contributed by atoms with Crippen LogP contribution in [0.25, 0.3) is 11.3 Å². The predicted molar refractivity (Wildman–Crippen MR) is 54.6 cm³/mol. The normalized spacial score (nSPS) is 10.7. The summed E-state index contributed by atoms with van der Waals surface area (Å²) in [5.41, 5.74) is 0.718. The van der Waals surface area contributed by atoms with Crippen LogP contribution in [-0.4, -0.2) is 5.16 Å². The summed E-state index contributed by atoms with van der Waals surface area (Å²) < 4.78 is 30.7. The lowest BCUT2D eigenvalue weighted by Crippen LogP contribution is -1.85. The minimum absolute atomic E-state index is 0.0646. The smallest absolute Gasteiger partial charge is 0.240 e.